The van der Waals surface area contributed by atoms with Crippen LogP contribution in [-0.2, 0) is 4.79 Å². The number of benzene rings is 2. The zero-order valence-corrected chi connectivity index (χ0v) is 18.9. The van der Waals surface area contributed by atoms with Gasteiger partial charge in [0, 0.05) is 36.6 Å². The third-order valence-electron chi connectivity index (χ3n) is 6.15. The van der Waals surface area contributed by atoms with E-state index >= 15 is 0 Å². The summed E-state index contributed by atoms with van der Waals surface area (Å²) in [4.78, 5) is 18.1. The Bertz CT molecular complexity index is 1040. The summed E-state index contributed by atoms with van der Waals surface area (Å²) >= 11 is 0. The van der Waals surface area contributed by atoms with Crippen molar-refractivity contribution >= 4 is 16.8 Å². The Kier molecular flexibility index (Phi) is 7.20. The molecular formula is C26H32N2O4. The van der Waals surface area contributed by atoms with Crippen molar-refractivity contribution in [2.24, 2.45) is 0 Å². The highest BCUT2D eigenvalue weighted by molar-refractivity contribution is 5.85. The number of fused-ring (bicyclic) bond motifs is 1. The Labute approximate surface area is 189 Å². The van der Waals surface area contributed by atoms with Crippen molar-refractivity contribution in [1.82, 2.24) is 9.88 Å². The number of carbonyl (C=O) groups excluding carboxylic acids is 1. The summed E-state index contributed by atoms with van der Waals surface area (Å²) in [5, 5.41) is 1.22. The molecule has 170 valence electrons. The van der Waals surface area contributed by atoms with E-state index < -0.39 is 0 Å². The maximum Gasteiger partial charge on any atom is 0.222 e. The van der Waals surface area contributed by atoms with Gasteiger partial charge in [-0.1, -0.05) is 12.1 Å². The fraction of sp³-hybridized carbons (Fsp3) is 0.423. The highest BCUT2D eigenvalue weighted by Gasteiger charge is 2.25. The lowest BCUT2D eigenvalue weighted by molar-refractivity contribution is -0.132. The molecule has 4 rings (SSSR count). The molecule has 1 aliphatic heterocycles. The molecule has 3 aromatic rings. The first-order valence-electron chi connectivity index (χ1n) is 11.5. The summed E-state index contributed by atoms with van der Waals surface area (Å²) < 4.78 is 16.8. The average molecular weight is 437 g/mol. The van der Waals surface area contributed by atoms with E-state index in [1.165, 1.54) is 10.9 Å². The van der Waals surface area contributed by atoms with Crippen LogP contribution in [0.5, 0.6) is 17.2 Å². The molecule has 6 heteroatoms. The number of H-pyrrole nitrogens is 1. The summed E-state index contributed by atoms with van der Waals surface area (Å²) in [6, 6.07) is 13.8. The second kappa shape index (κ2) is 10.4. The van der Waals surface area contributed by atoms with Gasteiger partial charge >= 0.3 is 0 Å². The fourth-order valence-corrected chi connectivity index (χ4v) is 4.43. The van der Waals surface area contributed by atoms with Gasteiger partial charge in [-0.2, -0.15) is 0 Å². The van der Waals surface area contributed by atoms with Crippen molar-refractivity contribution in [1.29, 1.82) is 0 Å². The molecule has 6 nitrogen and oxygen atoms in total. The highest BCUT2D eigenvalue weighted by Crippen LogP contribution is 2.35. The molecule has 0 unspecified atom stereocenters. The van der Waals surface area contributed by atoms with Gasteiger partial charge in [0.25, 0.3) is 0 Å². The second-order valence-electron chi connectivity index (χ2n) is 8.14. The van der Waals surface area contributed by atoms with E-state index in [0.29, 0.717) is 32.0 Å². The smallest absolute Gasteiger partial charge is 0.222 e. The minimum atomic E-state index is 0.214. The van der Waals surface area contributed by atoms with Gasteiger partial charge < -0.3 is 24.1 Å². The molecule has 1 N–H and O–H groups in total. The number of para-hydroxylation sites is 2. The van der Waals surface area contributed by atoms with Crippen LogP contribution in [-0.4, -0.2) is 49.2 Å². The first kappa shape index (κ1) is 22.1. The molecule has 1 aromatic heterocycles. The molecule has 0 radical (unpaired) electrons. The number of amides is 1. The predicted octanol–water partition coefficient (Wildman–Crippen LogP) is 5.14. The van der Waals surface area contributed by atoms with Crippen LogP contribution in [0.3, 0.4) is 0 Å². The first-order valence-corrected chi connectivity index (χ1v) is 11.5. The normalized spacial score (nSPS) is 14.5. The van der Waals surface area contributed by atoms with Crippen molar-refractivity contribution in [2.45, 2.75) is 38.5 Å². The van der Waals surface area contributed by atoms with E-state index in [0.717, 1.165) is 48.7 Å². The molecule has 1 amide bonds. The summed E-state index contributed by atoms with van der Waals surface area (Å²) in [6.07, 6.45) is 5.28. The summed E-state index contributed by atoms with van der Waals surface area (Å²) in [7, 11) is 1.69. The molecule has 2 heterocycles. The van der Waals surface area contributed by atoms with Gasteiger partial charge in [0.05, 0.1) is 20.3 Å². The van der Waals surface area contributed by atoms with Gasteiger partial charge in [0.2, 0.25) is 5.91 Å². The number of carbonyl (C=O) groups is 1. The Balaban J connectivity index is 1.25. The fourth-order valence-electron chi connectivity index (χ4n) is 4.43. The van der Waals surface area contributed by atoms with E-state index in [1.54, 1.807) is 7.11 Å². The molecule has 1 fully saturated rings. The molecule has 0 saturated carbocycles. The lowest BCUT2D eigenvalue weighted by atomic mass is 9.89. The van der Waals surface area contributed by atoms with Crippen molar-refractivity contribution in [3.63, 3.8) is 0 Å². The van der Waals surface area contributed by atoms with Gasteiger partial charge in [-0.25, -0.2) is 0 Å². The molecular weight excluding hydrogens is 404 g/mol. The van der Waals surface area contributed by atoms with Crippen molar-refractivity contribution < 1.29 is 19.0 Å². The lowest BCUT2D eigenvalue weighted by Gasteiger charge is -2.32. The van der Waals surface area contributed by atoms with Crippen molar-refractivity contribution in [3.05, 3.63) is 54.2 Å². The van der Waals surface area contributed by atoms with Crippen LogP contribution in [0, 0.1) is 0 Å². The number of aromatic nitrogens is 1. The minimum Gasteiger partial charge on any atom is -0.497 e. The predicted molar refractivity (Wildman–Crippen MR) is 126 cm³/mol. The van der Waals surface area contributed by atoms with Crippen LogP contribution in [0.2, 0.25) is 0 Å². The van der Waals surface area contributed by atoms with Crippen LogP contribution in [0.15, 0.2) is 48.7 Å². The Hall–Kier alpha value is -3.15. The number of ether oxygens (including phenoxy) is 3. The number of methoxy groups -OCH3 is 1. The van der Waals surface area contributed by atoms with E-state index in [4.69, 9.17) is 14.2 Å². The third-order valence-corrected chi connectivity index (χ3v) is 6.15. The van der Waals surface area contributed by atoms with E-state index in [-0.39, 0.29) is 5.91 Å². The lowest BCUT2D eigenvalue weighted by Crippen LogP contribution is -2.37. The highest BCUT2D eigenvalue weighted by atomic mass is 16.5. The quantitative estimate of drug-likeness (QED) is 0.472. The van der Waals surface area contributed by atoms with Gasteiger partial charge in [-0.05, 0) is 68.0 Å². The van der Waals surface area contributed by atoms with Crippen LogP contribution in [0.4, 0.5) is 0 Å². The molecule has 0 spiro atoms. The molecule has 1 saturated heterocycles. The molecule has 2 aromatic carbocycles. The number of piperidine rings is 1. The number of nitrogens with one attached hydrogen (secondary N) is 1. The maximum atomic E-state index is 12.7. The number of hydrogen-bond donors (Lipinski definition) is 1. The third kappa shape index (κ3) is 5.01. The summed E-state index contributed by atoms with van der Waals surface area (Å²) in [5.41, 5.74) is 2.46. The topological polar surface area (TPSA) is 63.8 Å². The minimum absolute atomic E-state index is 0.214. The van der Waals surface area contributed by atoms with Crippen LogP contribution < -0.4 is 14.2 Å². The van der Waals surface area contributed by atoms with Crippen LogP contribution in [0.25, 0.3) is 10.9 Å². The number of nitrogens with zero attached hydrogens (tertiary/aromatic N) is 1. The van der Waals surface area contributed by atoms with Gasteiger partial charge in [0.1, 0.15) is 5.75 Å². The summed E-state index contributed by atoms with van der Waals surface area (Å²) in [5.74, 6) is 3.03. The second-order valence-corrected chi connectivity index (χ2v) is 8.14. The summed E-state index contributed by atoms with van der Waals surface area (Å²) in [6.45, 7) is 4.65. The average Bonchev–Trinajstić information content (AvgIpc) is 3.26. The van der Waals surface area contributed by atoms with Crippen LogP contribution >= 0.6 is 0 Å². The first-order chi connectivity index (χ1) is 15.7. The maximum absolute atomic E-state index is 12.7. The zero-order chi connectivity index (χ0) is 22.3. The Morgan fingerprint density at radius 3 is 2.56 bits per heavy atom. The standard InChI is InChI=1S/C26H32N2O4/c1-3-31-24-7-4-5-8-25(24)32-16-6-9-26(29)28-14-12-19(13-15-28)22-18-27-23-11-10-20(30-2)17-21(22)23/h4-5,7-8,10-11,17-19,27H,3,6,9,12-16H2,1-2H3. The Morgan fingerprint density at radius 2 is 1.84 bits per heavy atom. The molecule has 0 atom stereocenters. The van der Waals surface area contributed by atoms with Gasteiger partial charge in [0.15, 0.2) is 11.5 Å². The Morgan fingerprint density at radius 1 is 1.09 bits per heavy atom. The largest absolute Gasteiger partial charge is 0.497 e. The number of aromatic amines is 1. The molecule has 0 aliphatic carbocycles. The zero-order valence-electron chi connectivity index (χ0n) is 18.9. The monoisotopic (exact) mass is 436 g/mol. The van der Waals surface area contributed by atoms with E-state index in [2.05, 4.69) is 23.3 Å². The molecule has 0 bridgehead atoms. The van der Waals surface area contributed by atoms with E-state index in [1.807, 2.05) is 42.2 Å². The number of likely N-dealkylation sites (tertiary alicyclic amines) is 1. The van der Waals surface area contributed by atoms with Gasteiger partial charge in [-0.3, -0.25) is 4.79 Å². The molecule has 32 heavy (non-hydrogen) atoms. The van der Waals surface area contributed by atoms with Crippen molar-refractivity contribution in [3.8, 4) is 17.2 Å². The number of hydrogen-bond acceptors (Lipinski definition) is 4. The molecule has 1 aliphatic rings. The van der Waals surface area contributed by atoms with Gasteiger partial charge in [-0.15, -0.1) is 0 Å². The van der Waals surface area contributed by atoms with Crippen LogP contribution in [0.1, 0.15) is 44.1 Å². The van der Waals surface area contributed by atoms with Crippen molar-refractivity contribution in [2.75, 3.05) is 33.4 Å². The number of rotatable bonds is 9. The SMILES string of the molecule is CCOc1ccccc1OCCCC(=O)N1CCC(c2c[nH]c3ccc(OC)cc23)CC1. The van der Waals surface area contributed by atoms with E-state index in [9.17, 15) is 4.79 Å².